The number of nitrogens with zero attached hydrogens (tertiary/aromatic N) is 1. The molecule has 0 spiro atoms. The molecule has 1 aromatic carbocycles. The number of amides is 1. The lowest BCUT2D eigenvalue weighted by atomic mass is 10.1. The van der Waals surface area contributed by atoms with Crippen LogP contribution in [0, 0.1) is 0 Å². The van der Waals surface area contributed by atoms with E-state index in [9.17, 15) is 9.59 Å². The quantitative estimate of drug-likeness (QED) is 0.501. The van der Waals surface area contributed by atoms with Gasteiger partial charge in [0.1, 0.15) is 11.4 Å². The molecule has 0 atom stereocenters. The molecular weight excluding hydrogens is 304 g/mol. The van der Waals surface area contributed by atoms with Gasteiger partial charge in [0.2, 0.25) is 0 Å². The molecule has 1 amide bonds. The maximum Gasteiger partial charge on any atom is 0.343 e. The fourth-order valence-corrected chi connectivity index (χ4v) is 2.26. The third-order valence-corrected chi connectivity index (χ3v) is 3.39. The number of rotatable bonds is 5. The van der Waals surface area contributed by atoms with Gasteiger partial charge in [-0.2, -0.15) is 0 Å². The van der Waals surface area contributed by atoms with Crippen LogP contribution < -0.4 is 10.1 Å². The van der Waals surface area contributed by atoms with Crippen LogP contribution in [-0.4, -0.2) is 42.2 Å². The largest absolute Gasteiger partial charge is 0.481 e. The summed E-state index contributed by atoms with van der Waals surface area (Å²) in [6.07, 6.45) is 1.65. The summed E-state index contributed by atoms with van der Waals surface area (Å²) in [7, 11) is 1.29. The van der Waals surface area contributed by atoms with Gasteiger partial charge in [-0.05, 0) is 31.3 Å². The predicted molar refractivity (Wildman–Crippen MR) is 85.1 cm³/mol. The molecule has 0 radical (unpaired) electrons. The molecule has 0 bridgehead atoms. The second kappa shape index (κ2) is 7.04. The highest BCUT2D eigenvalue weighted by Gasteiger charge is 2.29. The van der Waals surface area contributed by atoms with Crippen molar-refractivity contribution >= 4 is 35.3 Å². The van der Waals surface area contributed by atoms with Crippen LogP contribution in [0.3, 0.4) is 0 Å². The number of thiocarbonyl (C=S) groups is 1. The number of carbonyl (C=O) groups is 2. The van der Waals surface area contributed by atoms with Gasteiger partial charge in [0.05, 0.1) is 7.11 Å². The van der Waals surface area contributed by atoms with Crippen LogP contribution in [0.2, 0.25) is 0 Å². The molecule has 0 aromatic heterocycles. The number of para-hydroxylation sites is 1. The third kappa shape index (κ3) is 3.43. The van der Waals surface area contributed by atoms with E-state index in [0.717, 1.165) is 0 Å². The van der Waals surface area contributed by atoms with Gasteiger partial charge in [0.15, 0.2) is 11.7 Å². The van der Waals surface area contributed by atoms with Gasteiger partial charge in [0, 0.05) is 12.1 Å². The minimum absolute atomic E-state index is 0.185. The van der Waals surface area contributed by atoms with Crippen molar-refractivity contribution in [2.24, 2.45) is 0 Å². The average Bonchev–Trinajstić information content (AvgIpc) is 2.79. The Labute approximate surface area is 133 Å². The van der Waals surface area contributed by atoms with Crippen molar-refractivity contribution < 1.29 is 19.1 Å². The highest BCUT2D eigenvalue weighted by molar-refractivity contribution is 7.80. The lowest BCUT2D eigenvalue weighted by Gasteiger charge is -2.09. The van der Waals surface area contributed by atoms with E-state index in [2.05, 4.69) is 10.1 Å². The maximum atomic E-state index is 12.2. The highest BCUT2D eigenvalue weighted by Crippen LogP contribution is 2.22. The first kappa shape index (κ1) is 16.0. The molecule has 1 heterocycles. The number of methoxy groups -OCH3 is 1. The lowest BCUT2D eigenvalue weighted by molar-refractivity contribution is -0.142. The van der Waals surface area contributed by atoms with Crippen LogP contribution in [0.5, 0.6) is 5.75 Å². The molecule has 116 valence electrons. The Morgan fingerprint density at radius 1 is 1.41 bits per heavy atom. The molecular formula is C15H16N2O4S. The zero-order chi connectivity index (χ0) is 16.1. The van der Waals surface area contributed by atoms with E-state index in [4.69, 9.17) is 17.0 Å². The first-order chi connectivity index (χ1) is 10.6. The average molecular weight is 320 g/mol. The number of esters is 1. The fourth-order valence-electron chi connectivity index (χ4n) is 1.94. The minimum Gasteiger partial charge on any atom is -0.481 e. The Balaban J connectivity index is 2.23. The molecule has 1 aromatic rings. The van der Waals surface area contributed by atoms with Gasteiger partial charge in [-0.1, -0.05) is 18.2 Å². The Bertz CT molecular complexity index is 642. The van der Waals surface area contributed by atoms with Crippen molar-refractivity contribution in [2.75, 3.05) is 20.3 Å². The van der Waals surface area contributed by atoms with Crippen LogP contribution in [-0.2, 0) is 14.3 Å². The topological polar surface area (TPSA) is 67.9 Å². The Kier molecular flexibility index (Phi) is 5.11. The summed E-state index contributed by atoms with van der Waals surface area (Å²) in [5, 5.41) is 3.26. The van der Waals surface area contributed by atoms with E-state index in [-0.39, 0.29) is 12.5 Å². The summed E-state index contributed by atoms with van der Waals surface area (Å²) in [5.74, 6) is -0.179. The van der Waals surface area contributed by atoms with Crippen LogP contribution in [0.15, 0.2) is 30.0 Å². The zero-order valence-electron chi connectivity index (χ0n) is 12.3. The molecule has 7 heteroatoms. The van der Waals surface area contributed by atoms with Crippen molar-refractivity contribution in [3.05, 3.63) is 35.5 Å². The highest BCUT2D eigenvalue weighted by atomic mass is 32.1. The van der Waals surface area contributed by atoms with E-state index in [0.29, 0.717) is 28.7 Å². The number of carbonyl (C=O) groups excluding carboxylic acids is 2. The first-order valence-corrected chi connectivity index (χ1v) is 7.10. The van der Waals surface area contributed by atoms with E-state index < -0.39 is 5.97 Å². The second-order valence-electron chi connectivity index (χ2n) is 4.44. The Morgan fingerprint density at radius 2 is 2.14 bits per heavy atom. The summed E-state index contributed by atoms with van der Waals surface area (Å²) in [4.78, 5) is 24.8. The van der Waals surface area contributed by atoms with Crippen molar-refractivity contribution in [3.8, 4) is 5.75 Å². The zero-order valence-corrected chi connectivity index (χ0v) is 13.1. The Hall–Kier alpha value is -2.41. The monoisotopic (exact) mass is 320 g/mol. The molecule has 2 rings (SSSR count). The van der Waals surface area contributed by atoms with Crippen molar-refractivity contribution in [1.82, 2.24) is 10.2 Å². The second-order valence-corrected chi connectivity index (χ2v) is 4.83. The minimum atomic E-state index is -0.476. The molecule has 0 unspecified atom stereocenters. The van der Waals surface area contributed by atoms with Gasteiger partial charge >= 0.3 is 5.97 Å². The number of hydrogen-bond donors (Lipinski definition) is 1. The molecule has 1 aliphatic heterocycles. The van der Waals surface area contributed by atoms with Crippen LogP contribution >= 0.6 is 12.2 Å². The number of likely N-dealkylation sites (N-methyl/N-ethyl adjacent to an activating group) is 1. The van der Waals surface area contributed by atoms with Gasteiger partial charge in [0.25, 0.3) is 5.91 Å². The molecule has 1 aliphatic rings. The Morgan fingerprint density at radius 3 is 2.77 bits per heavy atom. The fraction of sp³-hybridized carbons (Fsp3) is 0.267. The van der Waals surface area contributed by atoms with E-state index in [1.54, 1.807) is 24.3 Å². The van der Waals surface area contributed by atoms with E-state index in [1.807, 2.05) is 13.0 Å². The van der Waals surface area contributed by atoms with Crippen molar-refractivity contribution in [2.45, 2.75) is 6.92 Å². The predicted octanol–water partition coefficient (Wildman–Crippen LogP) is 1.32. The normalized spacial score (nSPS) is 15.9. The molecule has 1 fully saturated rings. The van der Waals surface area contributed by atoms with E-state index in [1.165, 1.54) is 12.0 Å². The molecule has 0 saturated carbocycles. The number of benzene rings is 1. The van der Waals surface area contributed by atoms with Gasteiger partial charge in [-0.15, -0.1) is 0 Å². The summed E-state index contributed by atoms with van der Waals surface area (Å²) in [5.41, 5.74) is 1.05. The number of nitrogens with one attached hydrogen (secondary N) is 1. The number of ether oxygens (including phenoxy) is 2. The standard InChI is InChI=1S/C15H16N2O4S/c1-3-17-14(19)11(16-15(17)22)8-10-6-4-5-7-12(10)21-9-13(18)20-2/h4-8H,3,9H2,1-2H3,(H,16,22)/b11-8-. The molecule has 1 saturated heterocycles. The smallest absolute Gasteiger partial charge is 0.343 e. The molecule has 6 nitrogen and oxygen atoms in total. The summed E-state index contributed by atoms with van der Waals surface area (Å²) in [6.45, 7) is 2.16. The number of hydrogen-bond acceptors (Lipinski definition) is 5. The SMILES string of the molecule is CCN1C(=O)/C(=C/c2ccccc2OCC(=O)OC)NC1=S. The molecule has 22 heavy (non-hydrogen) atoms. The van der Waals surface area contributed by atoms with Crippen LogP contribution in [0.25, 0.3) is 6.08 Å². The van der Waals surface area contributed by atoms with Crippen LogP contribution in [0.1, 0.15) is 12.5 Å². The van der Waals surface area contributed by atoms with Gasteiger partial charge in [-0.25, -0.2) is 4.79 Å². The molecule has 1 N–H and O–H groups in total. The first-order valence-electron chi connectivity index (χ1n) is 6.70. The van der Waals surface area contributed by atoms with Crippen LogP contribution in [0.4, 0.5) is 0 Å². The van der Waals surface area contributed by atoms with Gasteiger partial charge < -0.3 is 14.8 Å². The summed E-state index contributed by atoms with van der Waals surface area (Å²) in [6, 6.07) is 7.09. The third-order valence-electron chi connectivity index (χ3n) is 3.07. The van der Waals surface area contributed by atoms with Crippen molar-refractivity contribution in [3.63, 3.8) is 0 Å². The van der Waals surface area contributed by atoms with E-state index >= 15 is 0 Å². The van der Waals surface area contributed by atoms with Gasteiger partial charge in [-0.3, -0.25) is 9.69 Å². The van der Waals surface area contributed by atoms with Crippen molar-refractivity contribution in [1.29, 1.82) is 0 Å². The summed E-state index contributed by atoms with van der Waals surface area (Å²) < 4.78 is 9.95. The summed E-state index contributed by atoms with van der Waals surface area (Å²) >= 11 is 5.10. The molecule has 0 aliphatic carbocycles. The maximum absolute atomic E-state index is 12.2. The lowest BCUT2D eigenvalue weighted by Crippen LogP contribution is -2.30.